The average Bonchev–Trinajstić information content (AvgIpc) is 4.01. The average molecular weight is 1100 g/mol. The zero-order chi connectivity index (χ0) is 50.6. The first-order valence-corrected chi connectivity index (χ1v) is 20.8. The molecule has 2 N–H and O–H groups in total. The van der Waals surface area contributed by atoms with E-state index >= 15 is 0 Å². The van der Waals surface area contributed by atoms with E-state index < -0.39 is 93.1 Å². The van der Waals surface area contributed by atoms with Crippen LogP contribution in [0.5, 0.6) is 5.88 Å². The van der Waals surface area contributed by atoms with Gasteiger partial charge in [-0.05, 0) is 49.9 Å². The van der Waals surface area contributed by atoms with E-state index in [0.717, 1.165) is 37.2 Å². The molecule has 0 aromatic carbocycles. The van der Waals surface area contributed by atoms with Gasteiger partial charge in [-0.2, -0.15) is 79.4 Å². The number of carbonyl (C=O) groups excluding carboxylic acids is 2. The van der Waals surface area contributed by atoms with E-state index in [9.17, 15) is 79.1 Å². The maximum atomic E-state index is 12.7. The van der Waals surface area contributed by atoms with Gasteiger partial charge in [0.25, 0.3) is 6.47 Å². The molecule has 0 radical (unpaired) electrons. The van der Waals surface area contributed by atoms with Gasteiger partial charge in [-0.3, -0.25) is 18.9 Å². The number of H-pyrrole nitrogens is 1. The minimum Gasteiger partial charge on any atom is -1.00 e. The molecule has 5 aliphatic rings. The maximum absolute atomic E-state index is 12.7. The van der Waals surface area contributed by atoms with Crippen LogP contribution in [0, 0.1) is 23.7 Å². The van der Waals surface area contributed by atoms with Crippen LogP contribution in [0.2, 0.25) is 0 Å². The molecule has 3 aliphatic heterocycles. The van der Waals surface area contributed by atoms with Crippen LogP contribution in [0.15, 0.2) is 47.8 Å². The zero-order valence-electron chi connectivity index (χ0n) is 37.0. The number of pyridine rings is 2. The summed E-state index contributed by atoms with van der Waals surface area (Å²) in [6, 6.07) is 5.24. The number of piperidine rings is 2. The van der Waals surface area contributed by atoms with E-state index in [1.807, 2.05) is 10.00 Å². The first-order chi connectivity index (χ1) is 31.4. The Labute approximate surface area is 472 Å². The Hall–Kier alpha value is -2.39. The van der Waals surface area contributed by atoms with Crippen molar-refractivity contribution in [2.24, 2.45) is 28.8 Å². The molecule has 2 unspecified atom stereocenters. The summed E-state index contributed by atoms with van der Waals surface area (Å²) in [6.07, 6.45) is -15.9. The minimum absolute atomic E-state index is 0. The van der Waals surface area contributed by atoms with Gasteiger partial charge in [0.2, 0.25) is 11.8 Å². The molecular weight excluding hydrogens is 1070 g/mol. The van der Waals surface area contributed by atoms with E-state index in [1.165, 1.54) is 12.1 Å². The Morgan fingerprint density at radius 2 is 1.11 bits per heavy atom. The molecule has 8 rings (SSSR count). The Morgan fingerprint density at radius 3 is 1.40 bits per heavy atom. The molecule has 3 aromatic heterocycles. The van der Waals surface area contributed by atoms with E-state index in [2.05, 4.69) is 29.2 Å². The molecule has 1 amide bonds. The molecule has 3 aromatic rings. The number of aromatic amines is 1. The fourth-order valence-electron chi connectivity index (χ4n) is 7.92. The molecule has 0 spiro atoms. The van der Waals surface area contributed by atoms with Crippen molar-refractivity contribution >= 4 is 39.8 Å². The van der Waals surface area contributed by atoms with Crippen LogP contribution >= 0.6 is 0 Å². The number of carbonyl (C=O) groups is 2. The maximum Gasteiger partial charge on any atom is 1.00 e. The number of alkyl halides is 15. The number of fused-ring (bicyclic) bond motifs is 4. The number of anilines is 2. The molecule has 70 heavy (non-hydrogen) atoms. The third kappa shape index (κ3) is 16.6. The van der Waals surface area contributed by atoms with E-state index in [1.54, 1.807) is 10.3 Å². The Kier molecular flexibility index (Phi) is 21.9. The van der Waals surface area contributed by atoms with Crippen molar-refractivity contribution in [2.75, 3.05) is 36.0 Å². The number of ether oxygens (including phenoxy) is 1. The van der Waals surface area contributed by atoms with E-state index in [0.29, 0.717) is 37.9 Å². The van der Waals surface area contributed by atoms with Crippen LogP contribution in [0.4, 0.5) is 77.5 Å². The van der Waals surface area contributed by atoms with Crippen LogP contribution in [0.1, 0.15) is 50.4 Å². The summed E-state index contributed by atoms with van der Waals surface area (Å²) in [7, 11) is -5.69. The molecular formula is C36H35F15K2N8O8S. The topological polar surface area (TPSA) is 204 Å². The number of amides is 1. The largest absolute Gasteiger partial charge is 1.00 e. The fraction of sp³-hybridized carbons (Fsp3) is 0.556. The second-order valence-electron chi connectivity index (χ2n) is 15.4. The summed E-state index contributed by atoms with van der Waals surface area (Å²) in [5.74, 6) is -0.996. The van der Waals surface area contributed by atoms with E-state index in [4.69, 9.17) is 14.8 Å². The van der Waals surface area contributed by atoms with Crippen molar-refractivity contribution in [2.45, 2.75) is 74.5 Å². The molecule has 4 bridgehead atoms. The van der Waals surface area contributed by atoms with Gasteiger partial charge in [0.1, 0.15) is 23.4 Å². The van der Waals surface area contributed by atoms with Gasteiger partial charge in [-0.15, -0.1) is 5.10 Å². The first kappa shape index (κ1) is 61.9. The van der Waals surface area contributed by atoms with Crippen molar-refractivity contribution < 1.29 is 207 Å². The molecule has 4 fully saturated rings. The Bertz CT molecular complexity index is 2320. The van der Waals surface area contributed by atoms with Crippen LogP contribution in [0.25, 0.3) is 0 Å². The minimum atomic E-state index is -5.69. The predicted octanol–water partition coefficient (Wildman–Crippen LogP) is 0.297. The third-order valence-corrected chi connectivity index (χ3v) is 12.0. The van der Waals surface area contributed by atoms with Crippen molar-refractivity contribution in [3.8, 4) is 5.88 Å². The number of rotatable bonds is 7. The normalized spacial score (nSPS) is 23.1. The number of aromatic nitrogens is 4. The Balaban J connectivity index is 0.000000372. The molecule has 6 atom stereocenters. The second kappa shape index (κ2) is 24.8. The van der Waals surface area contributed by atoms with Gasteiger partial charge < -0.3 is 26.1 Å². The van der Waals surface area contributed by atoms with Gasteiger partial charge in [-0.1, -0.05) is 0 Å². The van der Waals surface area contributed by atoms with Crippen molar-refractivity contribution in [1.82, 2.24) is 25.6 Å². The van der Waals surface area contributed by atoms with Crippen LogP contribution in [-0.4, -0.2) is 96.7 Å². The van der Waals surface area contributed by atoms with Crippen molar-refractivity contribution in [1.29, 1.82) is 0 Å². The number of hydrogen-bond acceptors (Lipinski definition) is 14. The van der Waals surface area contributed by atoms with Crippen LogP contribution < -0.4 is 128 Å². The molecule has 2 saturated heterocycles. The predicted molar refractivity (Wildman–Crippen MR) is 198 cm³/mol. The van der Waals surface area contributed by atoms with Crippen molar-refractivity contribution in [3.63, 3.8) is 0 Å². The fourth-order valence-corrected chi connectivity index (χ4v) is 8.64. The number of nitrogens with zero attached hydrogens (tertiary/aromatic N) is 6. The summed E-state index contributed by atoms with van der Waals surface area (Å²) in [4.78, 5) is 32.7. The number of hydrogen-bond donors (Lipinski definition) is 2. The Morgan fingerprint density at radius 1 is 0.686 bits per heavy atom. The number of halogens is 15. The number of hydrazone groups is 1. The van der Waals surface area contributed by atoms with Gasteiger partial charge in [-0.25, -0.2) is 15.4 Å². The van der Waals surface area contributed by atoms with Gasteiger partial charge >= 0.3 is 143 Å². The smallest absolute Gasteiger partial charge is 1.00 e. The summed E-state index contributed by atoms with van der Waals surface area (Å²) in [5.41, 5.74) is -7.52. The quantitative estimate of drug-likeness (QED) is 0.0623. The van der Waals surface area contributed by atoms with E-state index in [-0.39, 0.29) is 153 Å². The molecule has 16 nitrogen and oxygen atoms in total. The zero-order valence-corrected chi connectivity index (χ0v) is 43.0. The summed E-state index contributed by atoms with van der Waals surface area (Å²) >= 11 is 0. The SMILES string of the molecule is FC(F)(F)c1ccc(N2C[C@H]3CC[C@@H](C2)C3Oc2cc(C(F)(F)F)[nH]n2)nc1.O=C1CC(C(F)(F)F)=NN1.O=CO[O-].O=S(=O)(OC1[C@@H]2CC[C@H]1CN(c1ccc(C(F)(F)F)cn1)C2)C(F)(F)F.[H-].[K+].[K+]. The molecule has 2 aliphatic carbocycles. The van der Waals surface area contributed by atoms with Crippen LogP contribution in [0.3, 0.4) is 0 Å². The molecule has 380 valence electrons. The molecule has 34 heteroatoms. The molecule has 2 saturated carbocycles. The van der Waals surface area contributed by atoms with Gasteiger partial charge in [0.15, 0.2) is 5.71 Å². The first-order valence-electron chi connectivity index (χ1n) is 19.4. The number of nitrogens with one attached hydrogen (secondary N) is 2. The van der Waals surface area contributed by atoms with Gasteiger partial charge in [0, 0.05) is 68.3 Å². The summed E-state index contributed by atoms with van der Waals surface area (Å²) < 4.78 is 219. The van der Waals surface area contributed by atoms with Gasteiger partial charge in [0.05, 0.1) is 23.7 Å². The summed E-state index contributed by atoms with van der Waals surface area (Å²) in [6.45, 7) is 1.16. The second-order valence-corrected chi connectivity index (χ2v) is 17.0. The third-order valence-electron chi connectivity index (χ3n) is 10.9. The summed E-state index contributed by atoms with van der Waals surface area (Å²) in [5, 5.41) is 16.7. The van der Waals surface area contributed by atoms with Crippen LogP contribution in [-0.2, 0) is 47.3 Å². The monoisotopic (exact) mass is 1100 g/mol. The van der Waals surface area contributed by atoms with Crippen molar-refractivity contribution in [3.05, 3.63) is 59.5 Å². The standard InChI is InChI=1S/C17H16F6N4O.C14H14F6N2O3S.C4H3F3N2O.CH2O3.2K.H/c18-16(19,20)11-3-4-13(24-6-11)27-7-9-1-2-10(8-27)15(9)28-14-5-12(25-26-14)17(21,22)23;15-13(16,17)10-3-4-11(21-5-10)22-6-8-1-2-9(7-22)12(8)25-26(23,24)14(18,19)20;5-4(6,7)2-1-3(10)9-8-2;2-1-4-3;;;/h3-6,9-10,15H,1-2,7-8H2,(H,25,26);3-5,8-9,12H,1-2,6-7H2;1H2,(H,9,10);1,3H;;;/q;;;;2*+1;-1/p-1/t9-,10+,15?;8-,9+,12?;;;;;. The molecule has 6 heterocycles.